The second-order valence-electron chi connectivity index (χ2n) is 9.09. The highest BCUT2D eigenvalue weighted by molar-refractivity contribution is 6.04. The van der Waals surface area contributed by atoms with Crippen molar-refractivity contribution in [1.82, 2.24) is 4.90 Å². The summed E-state index contributed by atoms with van der Waals surface area (Å²) in [5.41, 5.74) is 4.27. The minimum atomic E-state index is -0.664. The normalized spacial score (nSPS) is 21.1. The molecule has 2 aromatic rings. The molecule has 1 saturated carbocycles. The summed E-state index contributed by atoms with van der Waals surface area (Å²) in [5, 5.41) is 15.1. The first kappa shape index (κ1) is 25.1. The molecule has 1 aliphatic carbocycles. The van der Waals surface area contributed by atoms with E-state index in [1.54, 1.807) is 21.1 Å². The Balaban J connectivity index is 1.45. The van der Waals surface area contributed by atoms with Crippen LogP contribution in [0.25, 0.3) is 6.08 Å². The topological polar surface area (TPSA) is 66.8 Å². The summed E-state index contributed by atoms with van der Waals surface area (Å²) in [6.45, 7) is 4.94. The Morgan fingerprint density at radius 3 is 2.26 bits per heavy atom. The molecule has 0 spiro atoms. The summed E-state index contributed by atoms with van der Waals surface area (Å²) >= 11 is 0. The minimum Gasteiger partial charge on any atom is -0.496 e. The fourth-order valence-electron chi connectivity index (χ4n) is 4.83. The monoisotopic (exact) mass is 479 g/mol. The first-order valence-electron chi connectivity index (χ1n) is 12.5. The van der Waals surface area contributed by atoms with Gasteiger partial charge in [0.15, 0.2) is 0 Å². The molecule has 7 heteroatoms. The van der Waals surface area contributed by atoms with Gasteiger partial charge in [0.05, 0.1) is 25.6 Å². The number of aliphatic hydroxyl groups excluding tert-OH is 1. The average molecular weight is 480 g/mol. The third-order valence-corrected chi connectivity index (χ3v) is 6.73. The fourth-order valence-corrected chi connectivity index (χ4v) is 4.83. The van der Waals surface area contributed by atoms with Crippen LogP contribution in [-0.4, -0.2) is 68.4 Å². The van der Waals surface area contributed by atoms with Gasteiger partial charge in [-0.25, -0.2) is 0 Å². The molecule has 2 atom stereocenters. The van der Waals surface area contributed by atoms with Gasteiger partial charge in [-0.1, -0.05) is 35.5 Å². The molecule has 0 bridgehead atoms. The standard InChI is InChI=1S/C28H37N3O4/c1-21(32)28(31-18-16-30(17-19-31)25-13-7-9-15-27(25)34-3)35-29-24-12-6-4-10-22(24)20-23-11-5-8-14-26(23)33-2/h5,7-9,11,13-15,20-21,28,32H,4,6,10,12,16-19H2,1-3H3/b22-20+,29-24+/t21-,28+/m1/s1. The van der Waals surface area contributed by atoms with E-state index < -0.39 is 12.3 Å². The van der Waals surface area contributed by atoms with Crippen LogP contribution in [0, 0.1) is 0 Å². The Morgan fingerprint density at radius 1 is 0.886 bits per heavy atom. The second-order valence-corrected chi connectivity index (χ2v) is 9.09. The van der Waals surface area contributed by atoms with Crippen molar-refractivity contribution in [1.29, 1.82) is 0 Å². The van der Waals surface area contributed by atoms with Crippen LogP contribution in [0.2, 0.25) is 0 Å². The number of aliphatic hydroxyl groups is 1. The third-order valence-electron chi connectivity index (χ3n) is 6.73. The maximum absolute atomic E-state index is 10.5. The van der Waals surface area contributed by atoms with E-state index in [4.69, 9.17) is 14.3 Å². The number of ether oxygens (including phenoxy) is 2. The van der Waals surface area contributed by atoms with Crippen molar-refractivity contribution in [2.45, 2.75) is 44.9 Å². The molecule has 1 saturated heterocycles. The van der Waals surface area contributed by atoms with Crippen LogP contribution in [0.4, 0.5) is 5.69 Å². The van der Waals surface area contributed by atoms with Crippen LogP contribution in [-0.2, 0) is 4.84 Å². The summed E-state index contributed by atoms with van der Waals surface area (Å²) < 4.78 is 11.1. The largest absolute Gasteiger partial charge is 0.496 e. The fraction of sp³-hybridized carbons (Fsp3) is 0.464. The van der Waals surface area contributed by atoms with Crippen LogP contribution in [0.3, 0.4) is 0 Å². The van der Waals surface area contributed by atoms with Gasteiger partial charge in [-0.2, -0.15) is 0 Å². The van der Waals surface area contributed by atoms with Crippen molar-refractivity contribution in [3.8, 4) is 11.5 Å². The quantitative estimate of drug-likeness (QED) is 0.560. The Hall–Kier alpha value is -3.03. The van der Waals surface area contributed by atoms with Gasteiger partial charge in [0, 0.05) is 31.7 Å². The number of hydrogen-bond acceptors (Lipinski definition) is 7. The molecular weight excluding hydrogens is 442 g/mol. The van der Waals surface area contributed by atoms with E-state index >= 15 is 0 Å². The van der Waals surface area contributed by atoms with Crippen LogP contribution < -0.4 is 14.4 Å². The van der Waals surface area contributed by atoms with Gasteiger partial charge in [0.2, 0.25) is 6.23 Å². The van der Waals surface area contributed by atoms with Gasteiger partial charge in [0.25, 0.3) is 0 Å². The van der Waals surface area contributed by atoms with Gasteiger partial charge in [0.1, 0.15) is 17.6 Å². The van der Waals surface area contributed by atoms with E-state index in [2.05, 4.69) is 33.2 Å². The summed E-state index contributed by atoms with van der Waals surface area (Å²) in [7, 11) is 3.39. The Labute approximate surface area is 208 Å². The zero-order chi connectivity index (χ0) is 24.6. The van der Waals surface area contributed by atoms with Crippen LogP contribution in [0.15, 0.2) is 59.3 Å². The number of para-hydroxylation sites is 3. The van der Waals surface area contributed by atoms with Crippen LogP contribution >= 0.6 is 0 Å². The predicted octanol–water partition coefficient (Wildman–Crippen LogP) is 4.56. The summed E-state index contributed by atoms with van der Waals surface area (Å²) in [4.78, 5) is 10.5. The second kappa shape index (κ2) is 12.1. The highest BCUT2D eigenvalue weighted by atomic mass is 16.7. The number of benzene rings is 2. The Morgan fingerprint density at radius 2 is 1.54 bits per heavy atom. The molecule has 7 nitrogen and oxygen atoms in total. The van der Waals surface area contributed by atoms with Crippen molar-refractivity contribution in [3.05, 3.63) is 59.7 Å². The van der Waals surface area contributed by atoms with E-state index in [0.717, 1.165) is 80.3 Å². The number of anilines is 1. The lowest BCUT2D eigenvalue weighted by atomic mass is 9.91. The maximum Gasteiger partial charge on any atom is 0.207 e. The molecule has 4 rings (SSSR count). The van der Waals surface area contributed by atoms with E-state index in [1.807, 2.05) is 36.4 Å². The molecule has 2 aromatic carbocycles. The summed E-state index contributed by atoms with van der Waals surface area (Å²) in [5.74, 6) is 1.72. The van der Waals surface area contributed by atoms with Crippen molar-refractivity contribution in [3.63, 3.8) is 0 Å². The van der Waals surface area contributed by atoms with Crippen molar-refractivity contribution >= 4 is 17.5 Å². The van der Waals surface area contributed by atoms with Gasteiger partial charge in [-0.3, -0.25) is 4.90 Å². The van der Waals surface area contributed by atoms with Gasteiger partial charge >= 0.3 is 0 Å². The van der Waals surface area contributed by atoms with Crippen LogP contribution in [0.5, 0.6) is 11.5 Å². The SMILES string of the molecule is COc1ccccc1/C=C1\CCCC\C1=N/O[C@@H]([C@@H](C)O)N1CCN(c2ccccc2OC)CC1. The number of piperazine rings is 1. The molecule has 0 unspecified atom stereocenters. The average Bonchev–Trinajstić information content (AvgIpc) is 2.90. The van der Waals surface area contributed by atoms with E-state index in [0.29, 0.717) is 0 Å². The molecule has 0 aromatic heterocycles. The Bertz CT molecular complexity index is 1030. The van der Waals surface area contributed by atoms with Crippen molar-refractivity contribution in [2.75, 3.05) is 45.3 Å². The molecule has 2 aliphatic rings. The van der Waals surface area contributed by atoms with E-state index in [-0.39, 0.29) is 0 Å². The van der Waals surface area contributed by atoms with Gasteiger partial charge in [-0.05, 0) is 62.5 Å². The zero-order valence-corrected chi connectivity index (χ0v) is 21.0. The molecule has 0 radical (unpaired) electrons. The number of nitrogens with zero attached hydrogens (tertiary/aromatic N) is 3. The lowest BCUT2D eigenvalue weighted by molar-refractivity contribution is -0.120. The number of rotatable bonds is 8. The lowest BCUT2D eigenvalue weighted by Gasteiger charge is -2.40. The highest BCUT2D eigenvalue weighted by Crippen LogP contribution is 2.30. The van der Waals surface area contributed by atoms with Gasteiger partial charge < -0.3 is 24.3 Å². The molecule has 1 aliphatic heterocycles. The molecule has 0 amide bonds. The molecule has 35 heavy (non-hydrogen) atoms. The first-order chi connectivity index (χ1) is 17.1. The molecule has 2 fully saturated rings. The summed E-state index contributed by atoms with van der Waals surface area (Å²) in [6.07, 6.45) is 5.04. The summed E-state index contributed by atoms with van der Waals surface area (Å²) in [6, 6.07) is 16.1. The Kier molecular flexibility index (Phi) is 8.66. The van der Waals surface area contributed by atoms with Crippen molar-refractivity contribution < 1.29 is 19.4 Å². The van der Waals surface area contributed by atoms with Crippen LogP contribution in [0.1, 0.15) is 38.2 Å². The molecule has 1 heterocycles. The predicted molar refractivity (Wildman–Crippen MR) is 140 cm³/mol. The van der Waals surface area contributed by atoms with Crippen molar-refractivity contribution in [2.24, 2.45) is 5.16 Å². The minimum absolute atomic E-state index is 0.489. The van der Waals surface area contributed by atoms with E-state index in [1.165, 1.54) is 5.57 Å². The third kappa shape index (κ3) is 6.16. The molecule has 188 valence electrons. The number of methoxy groups -OCH3 is 2. The zero-order valence-electron chi connectivity index (χ0n) is 21.0. The molecular formula is C28H37N3O4. The number of allylic oxidation sites excluding steroid dienone is 1. The van der Waals surface area contributed by atoms with E-state index in [9.17, 15) is 5.11 Å². The smallest absolute Gasteiger partial charge is 0.207 e. The first-order valence-corrected chi connectivity index (χ1v) is 12.5. The highest BCUT2D eigenvalue weighted by Gasteiger charge is 2.30. The van der Waals surface area contributed by atoms with Gasteiger partial charge in [-0.15, -0.1) is 0 Å². The number of oxime groups is 1. The maximum atomic E-state index is 10.5. The lowest BCUT2D eigenvalue weighted by Crippen LogP contribution is -2.54. The number of hydrogen-bond donors (Lipinski definition) is 1. The molecule has 1 N–H and O–H groups in total.